The molecule has 23 heavy (non-hydrogen) atoms. The molecule has 0 radical (unpaired) electrons. The van der Waals surface area contributed by atoms with E-state index in [1.807, 2.05) is 12.3 Å². The van der Waals surface area contributed by atoms with Crippen molar-refractivity contribution in [1.82, 2.24) is 19.3 Å². The minimum atomic E-state index is 0.398. The number of nitrogens with zero attached hydrogens (tertiary/aromatic N) is 4. The van der Waals surface area contributed by atoms with Crippen LogP contribution in [0.3, 0.4) is 0 Å². The smallest absolute Gasteiger partial charge is 0.205 e. The first-order valence-electron chi connectivity index (χ1n) is 6.72. The van der Waals surface area contributed by atoms with Crippen LogP contribution < -0.4 is 14.2 Å². The van der Waals surface area contributed by atoms with Crippen molar-refractivity contribution in [1.29, 1.82) is 0 Å². The monoisotopic (exact) mass is 334 g/mol. The number of halogens is 1. The quantitative estimate of drug-likeness (QED) is 0.718. The van der Waals surface area contributed by atoms with E-state index in [2.05, 4.69) is 10.1 Å². The lowest BCUT2D eigenvalue weighted by atomic mass is 10.2. The summed E-state index contributed by atoms with van der Waals surface area (Å²) in [7, 11) is 4.61. The number of hydrogen-bond donors (Lipinski definition) is 0. The third-order valence-electron chi connectivity index (χ3n) is 3.34. The zero-order valence-corrected chi connectivity index (χ0v) is 13.6. The van der Waals surface area contributed by atoms with E-state index in [-0.39, 0.29) is 0 Å². The summed E-state index contributed by atoms with van der Waals surface area (Å²) >= 11 is 6.46. The molecule has 0 aliphatic heterocycles. The van der Waals surface area contributed by atoms with Gasteiger partial charge in [0.05, 0.1) is 33.2 Å². The molecule has 0 amide bonds. The predicted octanol–water partition coefficient (Wildman–Crippen LogP) is 2.74. The lowest BCUT2D eigenvalue weighted by Crippen LogP contribution is -2.00. The van der Waals surface area contributed by atoms with Crippen LogP contribution >= 0.6 is 11.6 Å². The molecule has 0 spiro atoms. The molecule has 0 fully saturated rings. The van der Waals surface area contributed by atoms with Gasteiger partial charge in [-0.3, -0.25) is 0 Å². The maximum Gasteiger partial charge on any atom is 0.205 e. The molecule has 0 saturated heterocycles. The van der Waals surface area contributed by atoms with Gasteiger partial charge < -0.3 is 18.8 Å². The zero-order valence-electron chi connectivity index (χ0n) is 12.9. The Labute approximate surface area is 138 Å². The summed E-state index contributed by atoms with van der Waals surface area (Å²) < 4.78 is 19.5. The second-order valence-corrected chi connectivity index (χ2v) is 4.95. The van der Waals surface area contributed by atoms with Crippen LogP contribution in [0.25, 0.3) is 11.5 Å². The second kappa shape index (κ2) is 6.21. The lowest BCUT2D eigenvalue weighted by molar-refractivity contribution is 0.324. The van der Waals surface area contributed by atoms with Crippen LogP contribution in [-0.4, -0.2) is 40.7 Å². The zero-order chi connectivity index (χ0) is 16.4. The summed E-state index contributed by atoms with van der Waals surface area (Å²) in [6.45, 7) is 0. The summed E-state index contributed by atoms with van der Waals surface area (Å²) in [5.41, 5.74) is 0.659. The summed E-state index contributed by atoms with van der Waals surface area (Å²) in [4.78, 5) is 4.32. The van der Waals surface area contributed by atoms with Crippen LogP contribution in [0.4, 0.5) is 0 Å². The molecule has 0 saturated carbocycles. The van der Waals surface area contributed by atoms with Crippen LogP contribution in [0, 0.1) is 0 Å². The molecular formula is C15H15ClN4O3. The second-order valence-electron chi connectivity index (χ2n) is 4.57. The average Bonchev–Trinajstić information content (AvgIpc) is 3.25. The van der Waals surface area contributed by atoms with Crippen molar-refractivity contribution in [2.45, 2.75) is 0 Å². The minimum absolute atomic E-state index is 0.398. The summed E-state index contributed by atoms with van der Waals surface area (Å²) in [5, 5.41) is 4.55. The molecule has 8 heteroatoms. The van der Waals surface area contributed by atoms with Crippen molar-refractivity contribution in [3.8, 4) is 28.8 Å². The minimum Gasteiger partial charge on any atom is -0.493 e. The number of aromatic nitrogens is 4. The van der Waals surface area contributed by atoms with E-state index in [1.54, 1.807) is 41.1 Å². The third-order valence-corrected chi connectivity index (χ3v) is 3.70. The van der Waals surface area contributed by atoms with Crippen molar-refractivity contribution in [3.63, 3.8) is 0 Å². The van der Waals surface area contributed by atoms with Gasteiger partial charge in [-0.1, -0.05) is 11.6 Å². The van der Waals surface area contributed by atoms with Crippen molar-refractivity contribution < 1.29 is 14.2 Å². The van der Waals surface area contributed by atoms with Gasteiger partial charge in [0, 0.05) is 18.5 Å². The molecule has 0 N–H and O–H groups in total. The fraction of sp³-hybridized carbons (Fsp3) is 0.200. The standard InChI is InChI=1S/C15H15ClN4O3/c1-21-11-7-10(13(16)15(23-3)14(11)22-2)19-8-12(17-9-19)20-6-4-5-18-20/h4-9H,1-3H3. The van der Waals surface area contributed by atoms with E-state index in [0.717, 1.165) is 0 Å². The fourth-order valence-electron chi connectivity index (χ4n) is 2.26. The molecular weight excluding hydrogens is 320 g/mol. The maximum atomic E-state index is 6.46. The van der Waals surface area contributed by atoms with Gasteiger partial charge in [0.25, 0.3) is 0 Å². The molecule has 1 aromatic carbocycles. The average molecular weight is 335 g/mol. The molecule has 2 heterocycles. The summed E-state index contributed by atoms with van der Waals surface area (Å²) in [5.74, 6) is 2.02. The molecule has 7 nitrogen and oxygen atoms in total. The first-order chi connectivity index (χ1) is 11.2. The van der Waals surface area contributed by atoms with Gasteiger partial charge in [-0.05, 0) is 6.07 Å². The van der Waals surface area contributed by atoms with E-state index in [4.69, 9.17) is 25.8 Å². The van der Waals surface area contributed by atoms with Gasteiger partial charge in [-0.25, -0.2) is 9.67 Å². The van der Waals surface area contributed by atoms with Crippen molar-refractivity contribution >= 4 is 11.6 Å². The Hall–Kier alpha value is -2.67. The van der Waals surface area contributed by atoms with E-state index in [1.165, 1.54) is 14.2 Å². The SMILES string of the molecule is COc1cc(-n2cnc(-n3cccn3)c2)c(Cl)c(OC)c1OC. The molecule has 2 aromatic heterocycles. The Morgan fingerprint density at radius 3 is 2.48 bits per heavy atom. The van der Waals surface area contributed by atoms with Crippen molar-refractivity contribution in [2.24, 2.45) is 0 Å². The van der Waals surface area contributed by atoms with Crippen LogP contribution in [0.5, 0.6) is 17.2 Å². The fourth-order valence-corrected chi connectivity index (χ4v) is 2.58. The van der Waals surface area contributed by atoms with Crippen molar-refractivity contribution in [3.05, 3.63) is 42.1 Å². The highest BCUT2D eigenvalue weighted by Crippen LogP contribution is 2.45. The van der Waals surface area contributed by atoms with Crippen LogP contribution in [0.2, 0.25) is 5.02 Å². The Morgan fingerprint density at radius 1 is 1.09 bits per heavy atom. The maximum absolute atomic E-state index is 6.46. The molecule has 0 atom stereocenters. The van der Waals surface area contributed by atoms with Crippen LogP contribution in [0.1, 0.15) is 0 Å². The molecule has 0 bridgehead atoms. The van der Waals surface area contributed by atoms with Gasteiger partial charge in [-0.2, -0.15) is 5.10 Å². The number of imidazole rings is 1. The van der Waals surface area contributed by atoms with Crippen LogP contribution in [-0.2, 0) is 0 Å². The Balaban J connectivity index is 2.13. The number of hydrogen-bond acceptors (Lipinski definition) is 5. The molecule has 3 aromatic rings. The highest BCUT2D eigenvalue weighted by atomic mass is 35.5. The Bertz CT molecular complexity index is 814. The summed E-state index contributed by atoms with van der Waals surface area (Å²) in [6.07, 6.45) is 6.94. The number of methoxy groups -OCH3 is 3. The van der Waals surface area contributed by atoms with E-state index < -0.39 is 0 Å². The lowest BCUT2D eigenvalue weighted by Gasteiger charge is -2.16. The van der Waals surface area contributed by atoms with Gasteiger partial charge in [0.1, 0.15) is 11.3 Å². The van der Waals surface area contributed by atoms with Gasteiger partial charge in [0.15, 0.2) is 17.3 Å². The molecule has 3 rings (SSSR count). The molecule has 0 unspecified atom stereocenters. The topological polar surface area (TPSA) is 63.3 Å². The number of benzene rings is 1. The van der Waals surface area contributed by atoms with Gasteiger partial charge in [-0.15, -0.1) is 0 Å². The van der Waals surface area contributed by atoms with Crippen LogP contribution in [0.15, 0.2) is 37.1 Å². The Kier molecular flexibility index (Phi) is 4.12. The first kappa shape index (κ1) is 15.2. The van der Waals surface area contributed by atoms with Crippen molar-refractivity contribution in [2.75, 3.05) is 21.3 Å². The normalized spacial score (nSPS) is 10.6. The molecule has 120 valence electrons. The number of ether oxygens (including phenoxy) is 3. The van der Waals surface area contributed by atoms with Gasteiger partial charge in [0.2, 0.25) is 5.75 Å². The third kappa shape index (κ3) is 2.59. The van der Waals surface area contributed by atoms with E-state index in [0.29, 0.717) is 33.8 Å². The highest BCUT2D eigenvalue weighted by molar-refractivity contribution is 6.34. The Morgan fingerprint density at radius 2 is 1.87 bits per heavy atom. The predicted molar refractivity (Wildman–Crippen MR) is 85.4 cm³/mol. The van der Waals surface area contributed by atoms with E-state index >= 15 is 0 Å². The largest absolute Gasteiger partial charge is 0.493 e. The summed E-state index contributed by atoms with van der Waals surface area (Å²) in [6, 6.07) is 3.59. The molecule has 0 aliphatic carbocycles. The van der Waals surface area contributed by atoms with Gasteiger partial charge >= 0.3 is 0 Å². The number of rotatable bonds is 5. The molecule has 0 aliphatic rings. The van der Waals surface area contributed by atoms with E-state index in [9.17, 15) is 0 Å². The first-order valence-corrected chi connectivity index (χ1v) is 7.10. The highest BCUT2D eigenvalue weighted by Gasteiger charge is 2.20.